The van der Waals surface area contributed by atoms with E-state index < -0.39 is 0 Å². The van der Waals surface area contributed by atoms with Crippen molar-refractivity contribution in [2.75, 3.05) is 19.6 Å². The van der Waals surface area contributed by atoms with Crippen molar-refractivity contribution >= 4 is 5.91 Å². The number of hydrogen-bond donors (Lipinski definition) is 2. The monoisotopic (exact) mass is 194 g/mol. The number of hydrogen-bond acceptors (Lipinski definition) is 3. The number of nitrogens with one attached hydrogen (secondary N) is 2. The first-order valence-corrected chi connectivity index (χ1v) is 4.73. The van der Waals surface area contributed by atoms with Crippen LogP contribution >= 0.6 is 0 Å². The van der Waals surface area contributed by atoms with Gasteiger partial charge in [-0.05, 0) is 0 Å². The van der Waals surface area contributed by atoms with Gasteiger partial charge in [-0.1, -0.05) is 0 Å². The number of carbonyl (C=O) groups is 1. The lowest BCUT2D eigenvalue weighted by molar-refractivity contribution is 0.0928. The van der Waals surface area contributed by atoms with Crippen molar-refractivity contribution in [1.82, 2.24) is 20.2 Å². The summed E-state index contributed by atoms with van der Waals surface area (Å²) in [6.07, 6.45) is 3.39. The van der Waals surface area contributed by atoms with E-state index in [9.17, 15) is 4.79 Å². The van der Waals surface area contributed by atoms with Crippen molar-refractivity contribution in [3.63, 3.8) is 0 Å². The van der Waals surface area contributed by atoms with Gasteiger partial charge in [0.15, 0.2) is 5.82 Å². The average Bonchev–Trinajstić information content (AvgIpc) is 2.48. The zero-order valence-electron chi connectivity index (χ0n) is 8.16. The highest BCUT2D eigenvalue weighted by atomic mass is 16.2. The van der Waals surface area contributed by atoms with Gasteiger partial charge in [-0.25, -0.2) is 4.98 Å². The number of nitrogens with zero attached hydrogens (tertiary/aromatic N) is 2. The normalized spacial score (nSPS) is 16.4. The summed E-state index contributed by atoms with van der Waals surface area (Å²) in [6.45, 7) is 2.74. The van der Waals surface area contributed by atoms with Crippen molar-refractivity contribution in [3.8, 4) is 0 Å². The first-order chi connectivity index (χ1) is 6.77. The van der Waals surface area contributed by atoms with Crippen LogP contribution in [-0.2, 0) is 7.05 Å². The van der Waals surface area contributed by atoms with E-state index in [0.29, 0.717) is 11.7 Å². The van der Waals surface area contributed by atoms with Gasteiger partial charge >= 0.3 is 0 Å². The molecule has 1 saturated heterocycles. The Balaban J connectivity index is 1.86. The summed E-state index contributed by atoms with van der Waals surface area (Å²) >= 11 is 0. The van der Waals surface area contributed by atoms with Gasteiger partial charge < -0.3 is 15.2 Å². The topological polar surface area (TPSA) is 59.0 Å². The van der Waals surface area contributed by atoms with E-state index in [1.54, 1.807) is 17.0 Å². The van der Waals surface area contributed by atoms with Gasteiger partial charge in [0.05, 0.1) is 0 Å². The molecule has 1 aliphatic rings. The predicted molar refractivity (Wildman–Crippen MR) is 51.9 cm³/mol. The van der Waals surface area contributed by atoms with Crippen LogP contribution in [0.4, 0.5) is 0 Å². The highest BCUT2D eigenvalue weighted by Gasteiger charge is 2.18. The lowest BCUT2D eigenvalue weighted by Crippen LogP contribution is -2.48. The molecule has 14 heavy (non-hydrogen) atoms. The Bertz CT molecular complexity index is 329. The van der Waals surface area contributed by atoms with Crippen LogP contribution < -0.4 is 10.6 Å². The second-order valence-electron chi connectivity index (χ2n) is 3.60. The maximum Gasteiger partial charge on any atom is 0.287 e. The lowest BCUT2D eigenvalue weighted by atomic mass is 10.0. The quantitative estimate of drug-likeness (QED) is 0.673. The van der Waals surface area contributed by atoms with Crippen LogP contribution in [0.1, 0.15) is 10.6 Å². The summed E-state index contributed by atoms with van der Waals surface area (Å²) in [4.78, 5) is 15.5. The zero-order chi connectivity index (χ0) is 9.97. The van der Waals surface area contributed by atoms with Crippen molar-refractivity contribution in [3.05, 3.63) is 18.2 Å². The molecule has 0 spiro atoms. The van der Waals surface area contributed by atoms with Crippen LogP contribution in [0.15, 0.2) is 12.4 Å². The van der Waals surface area contributed by atoms with Crippen molar-refractivity contribution < 1.29 is 4.79 Å². The minimum atomic E-state index is -0.0931. The average molecular weight is 194 g/mol. The number of rotatable bonds is 3. The predicted octanol–water partition coefficient (Wildman–Crippen LogP) is -0.631. The maximum atomic E-state index is 11.6. The standard InChI is InChI=1S/C9H14N4O/c1-13-3-2-11-8(13)9(14)12-6-7-4-10-5-7/h2-3,7,10H,4-6H2,1H3,(H,12,14). The molecule has 2 heterocycles. The molecule has 1 fully saturated rings. The summed E-state index contributed by atoms with van der Waals surface area (Å²) in [5.41, 5.74) is 0. The van der Waals surface area contributed by atoms with E-state index in [-0.39, 0.29) is 5.91 Å². The lowest BCUT2D eigenvalue weighted by Gasteiger charge is -2.26. The molecule has 76 valence electrons. The molecular formula is C9H14N4O. The van der Waals surface area contributed by atoms with Crippen LogP contribution in [0, 0.1) is 5.92 Å². The van der Waals surface area contributed by atoms with Crippen molar-refractivity contribution in [1.29, 1.82) is 0 Å². The third-order valence-corrected chi connectivity index (χ3v) is 2.44. The van der Waals surface area contributed by atoms with Gasteiger partial charge in [-0.15, -0.1) is 0 Å². The van der Waals surface area contributed by atoms with Gasteiger partial charge in [0.25, 0.3) is 5.91 Å². The molecule has 5 heteroatoms. The minimum absolute atomic E-state index is 0.0931. The van der Waals surface area contributed by atoms with Gasteiger partial charge in [-0.2, -0.15) is 0 Å². The van der Waals surface area contributed by atoms with Gasteiger partial charge in [0.1, 0.15) is 0 Å². The highest BCUT2D eigenvalue weighted by molar-refractivity contribution is 5.90. The van der Waals surface area contributed by atoms with E-state index in [2.05, 4.69) is 15.6 Å². The zero-order valence-corrected chi connectivity index (χ0v) is 8.16. The number of carbonyl (C=O) groups excluding carboxylic acids is 1. The van der Waals surface area contributed by atoms with Gasteiger partial charge in [-0.3, -0.25) is 4.79 Å². The van der Waals surface area contributed by atoms with Gasteiger partial charge in [0.2, 0.25) is 0 Å². The Hall–Kier alpha value is -1.36. The minimum Gasteiger partial charge on any atom is -0.349 e. The Labute approximate surface area is 82.5 Å². The van der Waals surface area contributed by atoms with Gasteiger partial charge in [0, 0.05) is 45.0 Å². The summed E-state index contributed by atoms with van der Waals surface area (Å²) < 4.78 is 1.72. The van der Waals surface area contributed by atoms with E-state index in [1.807, 2.05) is 7.05 Å². The summed E-state index contributed by atoms with van der Waals surface area (Å²) in [6, 6.07) is 0. The van der Waals surface area contributed by atoms with Crippen molar-refractivity contribution in [2.24, 2.45) is 13.0 Å². The molecule has 2 rings (SSSR count). The Morgan fingerprint density at radius 1 is 1.79 bits per heavy atom. The summed E-state index contributed by atoms with van der Waals surface area (Å²) in [5.74, 6) is 0.959. The van der Waals surface area contributed by atoms with E-state index in [4.69, 9.17) is 0 Å². The number of aryl methyl sites for hydroxylation is 1. The Kier molecular flexibility index (Phi) is 2.49. The fourth-order valence-corrected chi connectivity index (χ4v) is 1.39. The molecular weight excluding hydrogens is 180 g/mol. The third kappa shape index (κ3) is 1.77. The summed E-state index contributed by atoms with van der Waals surface area (Å²) in [7, 11) is 1.81. The Morgan fingerprint density at radius 3 is 3.07 bits per heavy atom. The number of imidazole rings is 1. The van der Waals surface area contributed by atoms with Crippen LogP contribution in [0.3, 0.4) is 0 Å². The number of amides is 1. The Morgan fingerprint density at radius 2 is 2.57 bits per heavy atom. The molecule has 0 aromatic carbocycles. The molecule has 0 radical (unpaired) electrons. The molecule has 0 atom stereocenters. The van der Waals surface area contributed by atoms with Crippen LogP contribution in [0.2, 0.25) is 0 Å². The van der Waals surface area contributed by atoms with Crippen molar-refractivity contribution in [2.45, 2.75) is 0 Å². The first kappa shape index (κ1) is 9.21. The van der Waals surface area contributed by atoms with Crippen LogP contribution in [-0.4, -0.2) is 35.1 Å². The second-order valence-corrected chi connectivity index (χ2v) is 3.60. The highest BCUT2D eigenvalue weighted by Crippen LogP contribution is 2.01. The number of aromatic nitrogens is 2. The smallest absolute Gasteiger partial charge is 0.287 e. The molecule has 0 aliphatic carbocycles. The molecule has 1 aromatic heterocycles. The molecule has 0 saturated carbocycles. The molecule has 2 N–H and O–H groups in total. The van der Waals surface area contributed by atoms with E-state index in [0.717, 1.165) is 19.6 Å². The fraction of sp³-hybridized carbons (Fsp3) is 0.556. The largest absolute Gasteiger partial charge is 0.349 e. The third-order valence-electron chi connectivity index (χ3n) is 2.44. The first-order valence-electron chi connectivity index (χ1n) is 4.73. The summed E-state index contributed by atoms with van der Waals surface area (Å²) in [5, 5.41) is 6.02. The van der Waals surface area contributed by atoms with Crippen LogP contribution in [0.25, 0.3) is 0 Å². The van der Waals surface area contributed by atoms with E-state index >= 15 is 0 Å². The molecule has 0 unspecified atom stereocenters. The van der Waals surface area contributed by atoms with Crippen LogP contribution in [0.5, 0.6) is 0 Å². The molecule has 1 aliphatic heterocycles. The molecule has 1 amide bonds. The fourth-order valence-electron chi connectivity index (χ4n) is 1.39. The molecule has 0 bridgehead atoms. The van der Waals surface area contributed by atoms with E-state index in [1.165, 1.54) is 0 Å². The maximum absolute atomic E-state index is 11.6. The SMILES string of the molecule is Cn1ccnc1C(=O)NCC1CNC1. The molecule has 1 aromatic rings. The second kappa shape index (κ2) is 3.79. The molecule has 5 nitrogen and oxygen atoms in total.